The molecule has 2 atom stereocenters. The van der Waals surface area contributed by atoms with Crippen LogP contribution in [0.1, 0.15) is 12.5 Å². The summed E-state index contributed by atoms with van der Waals surface area (Å²) >= 11 is 5.10. The van der Waals surface area contributed by atoms with Crippen molar-refractivity contribution in [3.05, 3.63) is 35.9 Å². The van der Waals surface area contributed by atoms with E-state index in [-0.39, 0.29) is 5.91 Å². The Morgan fingerprint density at radius 3 is 2.65 bits per heavy atom. The Morgan fingerprint density at radius 1 is 1.47 bits per heavy atom. The number of hydrogen-bond donors (Lipinski definition) is 2. The van der Waals surface area contributed by atoms with Gasteiger partial charge in [-0.3, -0.25) is 9.69 Å². The lowest BCUT2D eigenvalue weighted by Gasteiger charge is -2.15. The molecule has 90 valence electrons. The third kappa shape index (κ3) is 2.45. The fraction of sp³-hybridized carbons (Fsp3) is 0.333. The third-order valence-electron chi connectivity index (χ3n) is 2.72. The van der Waals surface area contributed by atoms with E-state index in [1.54, 1.807) is 6.92 Å². The van der Waals surface area contributed by atoms with Crippen molar-refractivity contribution in [1.82, 2.24) is 10.2 Å². The molecule has 0 aliphatic carbocycles. The highest BCUT2D eigenvalue weighted by Crippen LogP contribution is 2.14. The van der Waals surface area contributed by atoms with Crippen LogP contribution in [0, 0.1) is 0 Å². The van der Waals surface area contributed by atoms with Gasteiger partial charge >= 0.3 is 0 Å². The predicted molar refractivity (Wildman–Crippen MR) is 68.2 cm³/mol. The number of carbonyl (C=O) groups excluding carboxylic acids is 1. The molecule has 0 aromatic heterocycles. The molecule has 1 aromatic carbocycles. The largest absolute Gasteiger partial charge is 0.391 e. The summed E-state index contributed by atoms with van der Waals surface area (Å²) in [6.45, 7) is 2.01. The Labute approximate surface area is 105 Å². The van der Waals surface area contributed by atoms with Gasteiger partial charge in [0, 0.05) is 0 Å². The van der Waals surface area contributed by atoms with Gasteiger partial charge in [0.25, 0.3) is 5.91 Å². The molecule has 1 aliphatic rings. The molecule has 2 N–H and O–H groups in total. The Hall–Kier alpha value is -1.46. The molecule has 0 unspecified atom stereocenters. The fourth-order valence-corrected chi connectivity index (χ4v) is 2.06. The van der Waals surface area contributed by atoms with Gasteiger partial charge in [-0.2, -0.15) is 0 Å². The summed E-state index contributed by atoms with van der Waals surface area (Å²) in [5.41, 5.74) is 1.01. The zero-order valence-corrected chi connectivity index (χ0v) is 10.3. The molecule has 0 spiro atoms. The minimum atomic E-state index is -0.749. The Morgan fingerprint density at radius 2 is 2.12 bits per heavy atom. The summed E-state index contributed by atoms with van der Waals surface area (Å²) in [7, 11) is 0. The summed E-state index contributed by atoms with van der Waals surface area (Å²) < 4.78 is 0. The Balaban J connectivity index is 2.12. The van der Waals surface area contributed by atoms with Gasteiger partial charge < -0.3 is 10.4 Å². The summed E-state index contributed by atoms with van der Waals surface area (Å²) in [4.78, 5) is 13.5. The lowest BCUT2D eigenvalue weighted by molar-refractivity contribution is -0.129. The number of amides is 1. The fourth-order valence-electron chi connectivity index (χ4n) is 1.78. The van der Waals surface area contributed by atoms with Gasteiger partial charge in [0.15, 0.2) is 5.11 Å². The van der Waals surface area contributed by atoms with Crippen molar-refractivity contribution >= 4 is 23.2 Å². The lowest BCUT2D eigenvalue weighted by Crippen LogP contribution is -2.39. The van der Waals surface area contributed by atoms with Gasteiger partial charge in [-0.05, 0) is 24.7 Å². The number of nitrogens with zero attached hydrogens (tertiary/aromatic N) is 1. The molecule has 1 fully saturated rings. The van der Waals surface area contributed by atoms with Gasteiger partial charge in [0.1, 0.15) is 6.04 Å². The molecule has 2 rings (SSSR count). The van der Waals surface area contributed by atoms with Crippen LogP contribution in [0.25, 0.3) is 0 Å². The van der Waals surface area contributed by atoms with Crippen molar-refractivity contribution in [3.8, 4) is 0 Å². The van der Waals surface area contributed by atoms with Gasteiger partial charge in [-0.15, -0.1) is 0 Å². The predicted octanol–water partition coefficient (Wildman–Crippen LogP) is 0.653. The van der Waals surface area contributed by atoms with E-state index in [0.717, 1.165) is 5.56 Å². The molecule has 0 saturated carbocycles. The number of thiocarbonyl (C=S) groups is 1. The number of benzene rings is 1. The first-order valence-corrected chi connectivity index (χ1v) is 5.84. The minimum absolute atomic E-state index is 0.172. The van der Waals surface area contributed by atoms with E-state index < -0.39 is 12.1 Å². The maximum atomic E-state index is 12.0. The number of rotatable bonds is 3. The van der Waals surface area contributed by atoms with Crippen molar-refractivity contribution in [2.75, 3.05) is 0 Å². The van der Waals surface area contributed by atoms with Crippen LogP contribution in [0.15, 0.2) is 30.3 Å². The highest BCUT2D eigenvalue weighted by Gasteiger charge is 2.37. The van der Waals surface area contributed by atoms with Crippen LogP contribution >= 0.6 is 12.2 Å². The number of aliphatic hydroxyl groups is 1. The first-order valence-electron chi connectivity index (χ1n) is 5.43. The van der Waals surface area contributed by atoms with E-state index in [0.29, 0.717) is 11.7 Å². The van der Waals surface area contributed by atoms with Crippen molar-refractivity contribution in [1.29, 1.82) is 0 Å². The monoisotopic (exact) mass is 250 g/mol. The topological polar surface area (TPSA) is 52.6 Å². The molecule has 17 heavy (non-hydrogen) atoms. The molecule has 1 aromatic rings. The number of hydrogen-bond acceptors (Lipinski definition) is 3. The van der Waals surface area contributed by atoms with Gasteiger partial charge in [-0.25, -0.2) is 0 Å². The maximum Gasteiger partial charge on any atom is 0.254 e. The van der Waals surface area contributed by atoms with E-state index in [4.69, 9.17) is 12.2 Å². The normalized spacial score (nSPS) is 21.5. The number of aliphatic hydroxyl groups excluding tert-OH is 1. The molecular weight excluding hydrogens is 236 g/mol. The zero-order valence-electron chi connectivity index (χ0n) is 9.46. The van der Waals surface area contributed by atoms with Crippen LogP contribution in [0.3, 0.4) is 0 Å². The molecule has 0 bridgehead atoms. The van der Waals surface area contributed by atoms with Crippen molar-refractivity contribution in [2.45, 2.75) is 25.6 Å². The SMILES string of the molecule is C[C@@H](O)[C@H]1NC(=S)N(Cc2ccccc2)C1=O. The average molecular weight is 250 g/mol. The second-order valence-corrected chi connectivity index (χ2v) is 4.46. The second kappa shape index (κ2) is 4.81. The number of carbonyl (C=O) groups is 1. The highest BCUT2D eigenvalue weighted by atomic mass is 32.1. The average Bonchev–Trinajstić information content (AvgIpc) is 2.58. The van der Waals surface area contributed by atoms with E-state index in [9.17, 15) is 9.90 Å². The van der Waals surface area contributed by atoms with E-state index in [2.05, 4.69) is 5.32 Å². The lowest BCUT2D eigenvalue weighted by atomic mass is 10.1. The highest BCUT2D eigenvalue weighted by molar-refractivity contribution is 7.80. The molecule has 1 amide bonds. The molecule has 4 nitrogen and oxygen atoms in total. The van der Waals surface area contributed by atoms with Crippen molar-refractivity contribution in [3.63, 3.8) is 0 Å². The molecule has 1 heterocycles. The van der Waals surface area contributed by atoms with E-state index >= 15 is 0 Å². The summed E-state index contributed by atoms with van der Waals surface area (Å²) in [5.74, 6) is -0.172. The second-order valence-electron chi connectivity index (χ2n) is 4.08. The van der Waals surface area contributed by atoms with Crippen LogP contribution in [0.4, 0.5) is 0 Å². The summed E-state index contributed by atoms with van der Waals surface area (Å²) in [6.07, 6.45) is -0.749. The zero-order chi connectivity index (χ0) is 12.4. The van der Waals surface area contributed by atoms with Gasteiger partial charge in [0.05, 0.1) is 12.6 Å². The van der Waals surface area contributed by atoms with E-state index in [1.165, 1.54) is 4.90 Å². The first kappa shape index (κ1) is 12.0. The van der Waals surface area contributed by atoms with E-state index in [1.807, 2.05) is 30.3 Å². The standard InChI is InChI=1S/C12H14N2O2S/c1-8(15)10-11(16)14(12(17)13-10)7-9-5-3-2-4-6-9/h2-6,8,10,15H,7H2,1H3,(H,13,17)/t8-,10-/m1/s1. The van der Waals surface area contributed by atoms with Crippen molar-refractivity contribution in [2.24, 2.45) is 0 Å². The third-order valence-corrected chi connectivity index (χ3v) is 3.06. The van der Waals surface area contributed by atoms with Crippen LogP contribution in [-0.2, 0) is 11.3 Å². The smallest absolute Gasteiger partial charge is 0.254 e. The molecule has 1 saturated heterocycles. The minimum Gasteiger partial charge on any atom is -0.391 e. The van der Waals surface area contributed by atoms with Gasteiger partial charge in [-0.1, -0.05) is 30.3 Å². The summed E-state index contributed by atoms with van der Waals surface area (Å²) in [5, 5.41) is 12.7. The molecular formula is C12H14N2O2S. The summed E-state index contributed by atoms with van der Waals surface area (Å²) in [6, 6.07) is 9.00. The van der Waals surface area contributed by atoms with Crippen LogP contribution < -0.4 is 5.32 Å². The van der Waals surface area contributed by atoms with Crippen LogP contribution in [0.2, 0.25) is 0 Å². The molecule has 5 heteroatoms. The first-order chi connectivity index (χ1) is 8.09. The maximum absolute atomic E-state index is 12.0. The van der Waals surface area contributed by atoms with Crippen LogP contribution in [-0.4, -0.2) is 33.2 Å². The van der Waals surface area contributed by atoms with Crippen LogP contribution in [0.5, 0.6) is 0 Å². The molecule has 0 radical (unpaired) electrons. The Bertz CT molecular complexity index is 433. The number of nitrogens with one attached hydrogen (secondary N) is 1. The van der Waals surface area contributed by atoms with Gasteiger partial charge in [0.2, 0.25) is 0 Å². The Kier molecular flexibility index (Phi) is 3.40. The quantitative estimate of drug-likeness (QED) is 0.774. The molecule has 1 aliphatic heterocycles. The van der Waals surface area contributed by atoms with Crippen molar-refractivity contribution < 1.29 is 9.90 Å².